The van der Waals surface area contributed by atoms with Crippen molar-refractivity contribution in [3.8, 4) is 0 Å². The molecule has 0 unspecified atom stereocenters. The molecule has 18 heavy (non-hydrogen) atoms. The predicted octanol–water partition coefficient (Wildman–Crippen LogP) is 2.42. The fourth-order valence-corrected chi connectivity index (χ4v) is 2.40. The highest BCUT2D eigenvalue weighted by molar-refractivity contribution is 7.15. The Labute approximate surface area is 114 Å². The molecular weight excluding hydrogens is 246 g/mol. The fourth-order valence-electron chi connectivity index (χ4n) is 1.41. The maximum absolute atomic E-state index is 5.09. The molecule has 0 amide bonds. The van der Waals surface area contributed by atoms with Gasteiger partial charge in [-0.3, -0.25) is 0 Å². The van der Waals surface area contributed by atoms with Gasteiger partial charge in [-0.25, -0.2) is 4.98 Å². The number of anilines is 1. The third kappa shape index (κ3) is 4.92. The van der Waals surface area contributed by atoms with E-state index in [1.807, 2.05) is 0 Å². The van der Waals surface area contributed by atoms with Crippen molar-refractivity contribution in [3.63, 3.8) is 0 Å². The molecule has 104 valence electrons. The molecule has 0 saturated carbocycles. The molecule has 0 bridgehead atoms. The lowest BCUT2D eigenvalue weighted by Crippen LogP contribution is -2.34. The lowest BCUT2D eigenvalue weighted by molar-refractivity contribution is 0.206. The van der Waals surface area contributed by atoms with E-state index in [1.54, 1.807) is 18.4 Å². The summed E-state index contributed by atoms with van der Waals surface area (Å²) in [5.74, 6) is 0. The van der Waals surface area contributed by atoms with Crippen molar-refractivity contribution in [2.45, 2.75) is 39.8 Å². The Hall–Kier alpha value is -0.650. The van der Waals surface area contributed by atoms with Crippen LogP contribution < -0.4 is 10.2 Å². The van der Waals surface area contributed by atoms with E-state index >= 15 is 0 Å². The molecule has 0 atom stereocenters. The van der Waals surface area contributed by atoms with Crippen molar-refractivity contribution >= 4 is 16.5 Å². The molecule has 1 rings (SSSR count). The number of hydrogen-bond donors (Lipinski definition) is 1. The van der Waals surface area contributed by atoms with Crippen molar-refractivity contribution in [3.05, 3.63) is 10.6 Å². The van der Waals surface area contributed by atoms with Crippen molar-refractivity contribution in [2.75, 3.05) is 32.2 Å². The molecule has 0 spiro atoms. The maximum Gasteiger partial charge on any atom is 0.185 e. The summed E-state index contributed by atoms with van der Waals surface area (Å²) in [7, 11) is 3.78. The van der Waals surface area contributed by atoms with E-state index in [2.05, 4.69) is 49.9 Å². The monoisotopic (exact) mass is 271 g/mol. The van der Waals surface area contributed by atoms with Crippen molar-refractivity contribution in [1.82, 2.24) is 10.3 Å². The van der Waals surface area contributed by atoms with E-state index in [0.717, 1.165) is 30.5 Å². The van der Waals surface area contributed by atoms with E-state index in [-0.39, 0.29) is 5.54 Å². The number of likely N-dealkylation sites (N-methyl/N-ethyl adjacent to an activating group) is 1. The number of methoxy groups -OCH3 is 1. The zero-order chi connectivity index (χ0) is 13.8. The van der Waals surface area contributed by atoms with Gasteiger partial charge in [-0.2, -0.15) is 0 Å². The first-order valence-electron chi connectivity index (χ1n) is 6.25. The molecular formula is C13H25N3OS. The molecule has 1 heterocycles. The molecule has 1 aromatic rings. The SMILES string of the molecule is COCCN(C)c1nc(C)c(CNC(C)(C)C)s1. The number of hydrogen-bond acceptors (Lipinski definition) is 5. The van der Waals surface area contributed by atoms with Crippen LogP contribution in [0.5, 0.6) is 0 Å². The van der Waals surface area contributed by atoms with Crippen molar-refractivity contribution < 1.29 is 4.74 Å². The van der Waals surface area contributed by atoms with Crippen LogP contribution in [0.15, 0.2) is 0 Å². The largest absolute Gasteiger partial charge is 0.383 e. The van der Waals surface area contributed by atoms with Gasteiger partial charge in [0.15, 0.2) is 5.13 Å². The highest BCUT2D eigenvalue weighted by atomic mass is 32.1. The number of ether oxygens (including phenoxy) is 1. The smallest absolute Gasteiger partial charge is 0.185 e. The van der Waals surface area contributed by atoms with Gasteiger partial charge >= 0.3 is 0 Å². The summed E-state index contributed by atoms with van der Waals surface area (Å²) >= 11 is 1.76. The van der Waals surface area contributed by atoms with Crippen LogP contribution in [0, 0.1) is 6.92 Å². The first-order valence-corrected chi connectivity index (χ1v) is 7.06. The molecule has 4 nitrogen and oxygen atoms in total. The predicted molar refractivity (Wildman–Crippen MR) is 78.6 cm³/mol. The van der Waals surface area contributed by atoms with Crippen LogP contribution in [0.2, 0.25) is 0 Å². The first kappa shape index (κ1) is 15.4. The summed E-state index contributed by atoms with van der Waals surface area (Å²) in [6.45, 7) is 11.1. The van der Waals surface area contributed by atoms with Crippen LogP contribution in [-0.4, -0.2) is 37.8 Å². The molecule has 0 aliphatic heterocycles. The number of aryl methyl sites for hydroxylation is 1. The van der Waals surface area contributed by atoms with Gasteiger partial charge in [0, 0.05) is 37.7 Å². The minimum Gasteiger partial charge on any atom is -0.383 e. The highest BCUT2D eigenvalue weighted by Crippen LogP contribution is 2.25. The van der Waals surface area contributed by atoms with Crippen molar-refractivity contribution in [1.29, 1.82) is 0 Å². The number of nitrogens with zero attached hydrogens (tertiary/aromatic N) is 2. The number of rotatable bonds is 6. The summed E-state index contributed by atoms with van der Waals surface area (Å²) in [6.07, 6.45) is 0. The van der Waals surface area contributed by atoms with Crippen LogP contribution in [0.25, 0.3) is 0 Å². The van der Waals surface area contributed by atoms with Crippen LogP contribution >= 0.6 is 11.3 Å². The van der Waals surface area contributed by atoms with Crippen LogP contribution in [0.4, 0.5) is 5.13 Å². The minimum absolute atomic E-state index is 0.137. The van der Waals surface area contributed by atoms with Gasteiger partial charge < -0.3 is 15.0 Å². The lowest BCUT2D eigenvalue weighted by Gasteiger charge is -2.20. The highest BCUT2D eigenvalue weighted by Gasteiger charge is 2.14. The van der Waals surface area contributed by atoms with E-state index < -0.39 is 0 Å². The van der Waals surface area contributed by atoms with Crippen LogP contribution in [-0.2, 0) is 11.3 Å². The Kier molecular flexibility index (Phi) is 5.56. The first-order chi connectivity index (χ1) is 8.33. The maximum atomic E-state index is 5.09. The van der Waals surface area contributed by atoms with Gasteiger partial charge in [0.25, 0.3) is 0 Å². The average Bonchev–Trinajstić information content (AvgIpc) is 2.64. The van der Waals surface area contributed by atoms with Gasteiger partial charge in [-0.1, -0.05) is 0 Å². The van der Waals surface area contributed by atoms with Gasteiger partial charge in [-0.15, -0.1) is 11.3 Å². The number of nitrogens with one attached hydrogen (secondary N) is 1. The molecule has 5 heteroatoms. The Morgan fingerprint density at radius 1 is 1.39 bits per heavy atom. The van der Waals surface area contributed by atoms with Gasteiger partial charge in [0.05, 0.1) is 12.3 Å². The second-order valence-corrected chi connectivity index (χ2v) is 6.59. The number of aromatic nitrogens is 1. The third-order valence-electron chi connectivity index (χ3n) is 2.62. The Morgan fingerprint density at radius 3 is 2.61 bits per heavy atom. The van der Waals surface area contributed by atoms with Crippen LogP contribution in [0.1, 0.15) is 31.3 Å². The molecule has 1 N–H and O–H groups in total. The molecule has 0 saturated heterocycles. The van der Waals surface area contributed by atoms with Gasteiger partial charge in [0.1, 0.15) is 0 Å². The minimum atomic E-state index is 0.137. The summed E-state index contributed by atoms with van der Waals surface area (Å²) in [5.41, 5.74) is 1.26. The third-order valence-corrected chi connectivity index (χ3v) is 3.89. The normalized spacial score (nSPS) is 11.9. The molecule has 0 aromatic carbocycles. The summed E-state index contributed by atoms with van der Waals surface area (Å²) in [6, 6.07) is 0. The second-order valence-electron chi connectivity index (χ2n) is 5.52. The summed E-state index contributed by atoms with van der Waals surface area (Å²) in [4.78, 5) is 8.06. The van der Waals surface area contributed by atoms with E-state index in [9.17, 15) is 0 Å². The Bertz CT molecular complexity index is 371. The zero-order valence-electron chi connectivity index (χ0n) is 12.3. The van der Waals surface area contributed by atoms with E-state index in [0.29, 0.717) is 0 Å². The summed E-state index contributed by atoms with van der Waals surface area (Å²) in [5, 5.41) is 4.57. The zero-order valence-corrected chi connectivity index (χ0v) is 13.1. The fraction of sp³-hybridized carbons (Fsp3) is 0.769. The molecule has 0 radical (unpaired) electrons. The Morgan fingerprint density at radius 2 is 2.06 bits per heavy atom. The summed E-state index contributed by atoms with van der Waals surface area (Å²) < 4.78 is 5.09. The van der Waals surface area contributed by atoms with Crippen molar-refractivity contribution in [2.24, 2.45) is 0 Å². The molecule has 0 aliphatic carbocycles. The van der Waals surface area contributed by atoms with Gasteiger partial charge in [-0.05, 0) is 27.7 Å². The molecule has 1 aromatic heterocycles. The Balaban J connectivity index is 2.63. The average molecular weight is 271 g/mol. The van der Waals surface area contributed by atoms with Crippen LogP contribution in [0.3, 0.4) is 0 Å². The quantitative estimate of drug-likeness (QED) is 0.862. The van der Waals surface area contributed by atoms with Gasteiger partial charge in [0.2, 0.25) is 0 Å². The standard InChI is InChI=1S/C13H25N3OS/c1-10-11(9-14-13(2,3)4)18-12(15-10)16(5)7-8-17-6/h14H,7-9H2,1-6H3. The lowest BCUT2D eigenvalue weighted by atomic mass is 10.1. The second kappa shape index (κ2) is 6.50. The number of thiazole rings is 1. The van der Waals surface area contributed by atoms with E-state index in [1.165, 1.54) is 4.88 Å². The van der Waals surface area contributed by atoms with E-state index in [4.69, 9.17) is 4.74 Å². The topological polar surface area (TPSA) is 37.4 Å². The molecule has 0 aliphatic rings. The molecule has 0 fully saturated rings.